The third-order valence-corrected chi connectivity index (χ3v) is 5.84. The number of aromatic amines is 1. The summed E-state index contributed by atoms with van der Waals surface area (Å²) < 4.78 is 1.80. The van der Waals surface area contributed by atoms with Crippen molar-refractivity contribution >= 4 is 33.5 Å². The van der Waals surface area contributed by atoms with Gasteiger partial charge in [-0.15, -0.1) is 0 Å². The Bertz CT molecular complexity index is 1210. The molecule has 1 amide bonds. The molecule has 0 radical (unpaired) electrons. The van der Waals surface area contributed by atoms with Crippen molar-refractivity contribution in [3.63, 3.8) is 0 Å². The normalized spacial score (nSPS) is 17.4. The lowest BCUT2D eigenvalue weighted by Crippen LogP contribution is -2.26. The number of rotatable bonds is 4. The summed E-state index contributed by atoms with van der Waals surface area (Å²) in [6.45, 7) is 4.23. The second-order valence-corrected chi connectivity index (χ2v) is 7.87. The third kappa shape index (κ3) is 3.38. The van der Waals surface area contributed by atoms with Gasteiger partial charge in [0.25, 0.3) is 5.91 Å². The Morgan fingerprint density at radius 3 is 3.00 bits per heavy atom. The number of hydrogen-bond acceptors (Lipinski definition) is 4. The van der Waals surface area contributed by atoms with Crippen LogP contribution in [0.1, 0.15) is 35.9 Å². The minimum atomic E-state index is -0.138. The molecule has 1 fully saturated rings. The molecule has 0 aliphatic carbocycles. The van der Waals surface area contributed by atoms with Crippen LogP contribution in [0, 0.1) is 0 Å². The Morgan fingerprint density at radius 1 is 1.28 bits per heavy atom. The van der Waals surface area contributed by atoms with Crippen LogP contribution in [-0.2, 0) is 13.6 Å². The quantitative estimate of drug-likeness (QED) is 0.559. The molecule has 2 aromatic heterocycles. The summed E-state index contributed by atoms with van der Waals surface area (Å²) in [6, 6.07) is 12.0. The summed E-state index contributed by atoms with van der Waals surface area (Å²) in [5.74, 6) is 0.833. The lowest BCUT2D eigenvalue weighted by atomic mass is 10.1. The molecular weight excluding hydrogens is 364 g/mol. The van der Waals surface area contributed by atoms with Gasteiger partial charge in [-0.25, -0.2) is 4.98 Å². The number of aromatic nitrogens is 4. The van der Waals surface area contributed by atoms with E-state index in [1.54, 1.807) is 10.9 Å². The van der Waals surface area contributed by atoms with E-state index in [4.69, 9.17) is 4.98 Å². The van der Waals surface area contributed by atoms with Gasteiger partial charge in [0.2, 0.25) is 0 Å². The van der Waals surface area contributed by atoms with Gasteiger partial charge < -0.3 is 10.3 Å². The largest absolute Gasteiger partial charge is 0.341 e. The fourth-order valence-corrected chi connectivity index (χ4v) is 4.14. The molecule has 29 heavy (non-hydrogen) atoms. The van der Waals surface area contributed by atoms with Crippen molar-refractivity contribution < 1.29 is 4.79 Å². The lowest BCUT2D eigenvalue weighted by molar-refractivity contribution is 0.102. The van der Waals surface area contributed by atoms with Crippen molar-refractivity contribution in [1.29, 1.82) is 0 Å². The number of imidazole rings is 1. The van der Waals surface area contributed by atoms with E-state index >= 15 is 0 Å². The van der Waals surface area contributed by atoms with Crippen LogP contribution in [-0.4, -0.2) is 43.1 Å². The first-order valence-corrected chi connectivity index (χ1v) is 10.0. The van der Waals surface area contributed by atoms with Crippen LogP contribution >= 0.6 is 0 Å². The zero-order chi connectivity index (χ0) is 20.0. The zero-order valence-electron chi connectivity index (χ0n) is 16.6. The molecule has 1 unspecified atom stereocenters. The predicted octanol–water partition coefficient (Wildman–Crippen LogP) is 3.69. The summed E-state index contributed by atoms with van der Waals surface area (Å²) in [6.07, 6.45) is 4.27. The van der Waals surface area contributed by atoms with Crippen LogP contribution in [0.15, 0.2) is 42.6 Å². The van der Waals surface area contributed by atoms with Crippen LogP contribution in [0.2, 0.25) is 0 Å². The molecule has 4 aromatic rings. The first-order valence-electron chi connectivity index (χ1n) is 10.0. The molecule has 5 rings (SSSR count). The van der Waals surface area contributed by atoms with E-state index in [-0.39, 0.29) is 5.91 Å². The van der Waals surface area contributed by atoms with Gasteiger partial charge in [0.15, 0.2) is 0 Å². The molecular formula is C22H24N6O. The van der Waals surface area contributed by atoms with Gasteiger partial charge in [-0.1, -0.05) is 0 Å². The molecule has 148 valence electrons. The second-order valence-electron chi connectivity index (χ2n) is 7.87. The molecule has 0 saturated carbocycles. The molecule has 1 aliphatic heterocycles. The van der Waals surface area contributed by atoms with Gasteiger partial charge in [0.05, 0.1) is 29.3 Å². The van der Waals surface area contributed by atoms with E-state index in [2.05, 4.69) is 27.2 Å². The number of amides is 1. The molecule has 0 bridgehead atoms. The van der Waals surface area contributed by atoms with Crippen molar-refractivity contribution in [1.82, 2.24) is 24.6 Å². The van der Waals surface area contributed by atoms with E-state index in [0.29, 0.717) is 11.6 Å². The van der Waals surface area contributed by atoms with Crippen LogP contribution in [0.25, 0.3) is 21.9 Å². The first kappa shape index (κ1) is 17.9. The number of nitrogens with one attached hydrogen (secondary N) is 2. The minimum absolute atomic E-state index is 0.138. The summed E-state index contributed by atoms with van der Waals surface area (Å²) >= 11 is 0. The highest BCUT2D eigenvalue weighted by atomic mass is 16.1. The number of carbonyl (C=O) groups is 1. The van der Waals surface area contributed by atoms with Gasteiger partial charge in [0, 0.05) is 29.7 Å². The maximum atomic E-state index is 12.7. The van der Waals surface area contributed by atoms with Gasteiger partial charge in [0.1, 0.15) is 5.82 Å². The SMILES string of the molecule is CC1CCCN1Cc1nc2ccc(NC(=O)c3ccc4c(cnn4C)c3)cc2[nH]1. The zero-order valence-corrected chi connectivity index (χ0v) is 16.6. The van der Waals surface area contributed by atoms with Crippen molar-refractivity contribution in [3.8, 4) is 0 Å². The summed E-state index contributed by atoms with van der Waals surface area (Å²) in [5.41, 5.74) is 4.21. The minimum Gasteiger partial charge on any atom is -0.341 e. The Kier molecular flexibility index (Phi) is 4.32. The number of benzene rings is 2. The Labute approximate surface area is 168 Å². The van der Waals surface area contributed by atoms with E-state index in [1.807, 2.05) is 43.4 Å². The number of carbonyl (C=O) groups excluding carboxylic acids is 1. The fraction of sp³-hybridized carbons (Fsp3) is 0.318. The topological polar surface area (TPSA) is 78.8 Å². The molecule has 1 saturated heterocycles. The average molecular weight is 388 g/mol. The maximum absolute atomic E-state index is 12.7. The Morgan fingerprint density at radius 2 is 2.17 bits per heavy atom. The maximum Gasteiger partial charge on any atom is 0.255 e. The van der Waals surface area contributed by atoms with E-state index < -0.39 is 0 Å². The standard InChI is InChI=1S/C22H24N6O/c1-14-4-3-9-28(14)13-21-25-18-7-6-17(11-19(18)26-21)24-22(29)15-5-8-20-16(10-15)12-23-27(20)2/h5-8,10-12,14H,3-4,9,13H2,1-2H3,(H,24,29)(H,25,26). The highest BCUT2D eigenvalue weighted by Gasteiger charge is 2.21. The highest BCUT2D eigenvalue weighted by molar-refractivity contribution is 6.06. The van der Waals surface area contributed by atoms with Crippen molar-refractivity contribution in [2.24, 2.45) is 7.05 Å². The number of hydrogen-bond donors (Lipinski definition) is 2. The smallest absolute Gasteiger partial charge is 0.255 e. The van der Waals surface area contributed by atoms with Crippen LogP contribution in [0.4, 0.5) is 5.69 Å². The van der Waals surface area contributed by atoms with E-state index in [1.165, 1.54) is 12.8 Å². The van der Waals surface area contributed by atoms with Crippen molar-refractivity contribution in [2.45, 2.75) is 32.4 Å². The van der Waals surface area contributed by atoms with Gasteiger partial charge >= 0.3 is 0 Å². The van der Waals surface area contributed by atoms with Crippen molar-refractivity contribution in [2.75, 3.05) is 11.9 Å². The summed E-state index contributed by atoms with van der Waals surface area (Å²) in [4.78, 5) is 23.3. The van der Waals surface area contributed by atoms with Crippen LogP contribution < -0.4 is 5.32 Å². The van der Waals surface area contributed by atoms with Crippen molar-refractivity contribution in [3.05, 3.63) is 54.0 Å². The monoisotopic (exact) mass is 388 g/mol. The third-order valence-electron chi connectivity index (χ3n) is 5.84. The molecule has 2 N–H and O–H groups in total. The van der Waals surface area contributed by atoms with E-state index in [9.17, 15) is 4.79 Å². The van der Waals surface area contributed by atoms with Crippen LogP contribution in [0.3, 0.4) is 0 Å². The highest BCUT2D eigenvalue weighted by Crippen LogP contribution is 2.22. The summed E-state index contributed by atoms with van der Waals surface area (Å²) in [7, 11) is 1.89. The summed E-state index contributed by atoms with van der Waals surface area (Å²) in [5, 5.41) is 8.16. The van der Waals surface area contributed by atoms with Gasteiger partial charge in [-0.05, 0) is 62.7 Å². The molecule has 1 atom stereocenters. The molecule has 7 nitrogen and oxygen atoms in total. The van der Waals surface area contributed by atoms with E-state index in [0.717, 1.165) is 46.5 Å². The molecule has 1 aliphatic rings. The number of anilines is 1. The lowest BCUT2D eigenvalue weighted by Gasteiger charge is -2.19. The second kappa shape index (κ2) is 7.00. The molecule has 2 aromatic carbocycles. The number of aryl methyl sites for hydroxylation is 1. The number of nitrogens with zero attached hydrogens (tertiary/aromatic N) is 4. The number of fused-ring (bicyclic) bond motifs is 2. The predicted molar refractivity (Wildman–Crippen MR) is 114 cm³/mol. The Balaban J connectivity index is 1.34. The fourth-order valence-electron chi connectivity index (χ4n) is 4.14. The van der Waals surface area contributed by atoms with Gasteiger partial charge in [-0.2, -0.15) is 5.10 Å². The van der Waals surface area contributed by atoms with Crippen LogP contribution in [0.5, 0.6) is 0 Å². The number of likely N-dealkylation sites (tertiary alicyclic amines) is 1. The molecule has 0 spiro atoms. The number of H-pyrrole nitrogens is 1. The molecule has 3 heterocycles. The van der Waals surface area contributed by atoms with Gasteiger partial charge in [-0.3, -0.25) is 14.4 Å². The molecule has 7 heteroatoms. The average Bonchev–Trinajstić information content (AvgIpc) is 3.41. The first-order chi connectivity index (χ1) is 14.1. The Hall–Kier alpha value is -3.19.